The Balaban J connectivity index is 2.84. The predicted octanol–water partition coefficient (Wildman–Crippen LogP) is 2.30. The quantitative estimate of drug-likeness (QED) is 0.896. The Morgan fingerprint density at radius 2 is 1.94 bits per heavy atom. The zero-order valence-electron chi connectivity index (χ0n) is 10.2. The molecule has 0 saturated heterocycles. The molecule has 17 heavy (non-hydrogen) atoms. The summed E-state index contributed by atoms with van der Waals surface area (Å²) in [6.07, 6.45) is 1.28. The van der Waals surface area contributed by atoms with Crippen LogP contribution in [0.2, 0.25) is 0 Å². The average molecular weight is 275 g/mol. The molecule has 0 spiro atoms. The standard InChI is InChI=1S/C11H17NO3S2/c1-4-9(5-2)11(13)12-17(14,15)10-7-6-8(3)16-10/h6-7,9H,4-5H2,1-3H3,(H,12,13). The predicted molar refractivity (Wildman–Crippen MR) is 68.5 cm³/mol. The van der Waals surface area contributed by atoms with Gasteiger partial charge in [-0.1, -0.05) is 13.8 Å². The molecular formula is C11H17NO3S2. The lowest BCUT2D eigenvalue weighted by atomic mass is 10.0. The van der Waals surface area contributed by atoms with Crippen LogP contribution in [0.15, 0.2) is 16.3 Å². The first-order chi connectivity index (χ1) is 7.90. The number of carbonyl (C=O) groups excluding carboxylic acids is 1. The van der Waals surface area contributed by atoms with E-state index in [1.54, 1.807) is 6.07 Å². The van der Waals surface area contributed by atoms with Crippen molar-refractivity contribution in [3.05, 3.63) is 17.0 Å². The molecule has 6 heteroatoms. The summed E-state index contributed by atoms with van der Waals surface area (Å²) in [6, 6.07) is 3.24. The Morgan fingerprint density at radius 1 is 1.35 bits per heavy atom. The fourth-order valence-corrected chi connectivity index (χ4v) is 3.81. The van der Waals surface area contributed by atoms with E-state index in [0.29, 0.717) is 12.8 Å². The van der Waals surface area contributed by atoms with Gasteiger partial charge in [0.25, 0.3) is 10.0 Å². The van der Waals surface area contributed by atoms with Gasteiger partial charge in [0.15, 0.2) is 0 Å². The lowest BCUT2D eigenvalue weighted by molar-refractivity contribution is -0.123. The van der Waals surface area contributed by atoms with E-state index in [-0.39, 0.29) is 10.1 Å². The van der Waals surface area contributed by atoms with E-state index in [0.717, 1.165) is 16.2 Å². The van der Waals surface area contributed by atoms with Crippen molar-refractivity contribution in [2.75, 3.05) is 0 Å². The van der Waals surface area contributed by atoms with Crippen LogP contribution in [0.25, 0.3) is 0 Å². The molecule has 1 aromatic heterocycles. The molecular weight excluding hydrogens is 258 g/mol. The molecule has 1 amide bonds. The summed E-state index contributed by atoms with van der Waals surface area (Å²) >= 11 is 1.16. The Kier molecular flexibility index (Phi) is 4.70. The molecule has 0 aliphatic carbocycles. The molecule has 1 rings (SSSR count). The van der Waals surface area contributed by atoms with E-state index in [4.69, 9.17) is 0 Å². The van der Waals surface area contributed by atoms with Gasteiger partial charge < -0.3 is 0 Å². The van der Waals surface area contributed by atoms with Gasteiger partial charge in [0.05, 0.1) is 0 Å². The summed E-state index contributed by atoms with van der Waals surface area (Å²) in [5.41, 5.74) is 0. The fraction of sp³-hybridized carbons (Fsp3) is 0.545. The highest BCUT2D eigenvalue weighted by molar-refractivity contribution is 7.92. The maximum atomic E-state index is 11.9. The first-order valence-corrected chi connectivity index (χ1v) is 7.83. The summed E-state index contributed by atoms with van der Waals surface area (Å²) in [5.74, 6) is -0.660. The average Bonchev–Trinajstić information content (AvgIpc) is 2.66. The van der Waals surface area contributed by atoms with Gasteiger partial charge in [-0.3, -0.25) is 4.79 Å². The third-order valence-corrected chi connectivity index (χ3v) is 5.41. The number of rotatable bonds is 5. The minimum atomic E-state index is -3.68. The van der Waals surface area contributed by atoms with Crippen LogP contribution >= 0.6 is 11.3 Å². The molecule has 0 radical (unpaired) electrons. The molecule has 0 aliphatic rings. The van der Waals surface area contributed by atoms with Crippen LogP contribution in [-0.2, 0) is 14.8 Å². The molecule has 96 valence electrons. The van der Waals surface area contributed by atoms with Gasteiger partial charge in [0, 0.05) is 10.8 Å². The van der Waals surface area contributed by atoms with Crippen molar-refractivity contribution in [2.45, 2.75) is 37.8 Å². The molecule has 0 fully saturated rings. The van der Waals surface area contributed by atoms with Gasteiger partial charge >= 0.3 is 0 Å². The Labute approximate surface area is 106 Å². The van der Waals surface area contributed by atoms with Gasteiger partial charge in [-0.15, -0.1) is 11.3 Å². The second kappa shape index (κ2) is 5.64. The van der Waals surface area contributed by atoms with Crippen LogP contribution in [0, 0.1) is 12.8 Å². The van der Waals surface area contributed by atoms with E-state index in [2.05, 4.69) is 4.72 Å². The van der Waals surface area contributed by atoms with Crippen molar-refractivity contribution in [1.29, 1.82) is 0 Å². The smallest absolute Gasteiger partial charge is 0.273 e. The molecule has 1 heterocycles. The van der Waals surface area contributed by atoms with Crippen LogP contribution in [0.4, 0.5) is 0 Å². The normalized spacial score (nSPS) is 11.8. The Hall–Kier alpha value is -0.880. The summed E-state index contributed by atoms with van der Waals surface area (Å²) in [7, 11) is -3.68. The van der Waals surface area contributed by atoms with E-state index in [1.165, 1.54) is 6.07 Å². The zero-order valence-corrected chi connectivity index (χ0v) is 11.8. The fourth-order valence-electron chi connectivity index (χ4n) is 1.48. The van der Waals surface area contributed by atoms with Crippen molar-refractivity contribution in [1.82, 2.24) is 4.72 Å². The molecule has 0 aromatic carbocycles. The monoisotopic (exact) mass is 275 g/mol. The van der Waals surface area contributed by atoms with Crippen LogP contribution < -0.4 is 4.72 Å². The summed E-state index contributed by atoms with van der Waals surface area (Å²) in [5, 5.41) is 0. The van der Waals surface area contributed by atoms with Crippen molar-refractivity contribution >= 4 is 27.3 Å². The minimum absolute atomic E-state index is 0.189. The lowest BCUT2D eigenvalue weighted by Crippen LogP contribution is -2.34. The van der Waals surface area contributed by atoms with Gasteiger partial charge in [0.1, 0.15) is 4.21 Å². The molecule has 0 saturated carbocycles. The third-order valence-electron chi connectivity index (χ3n) is 2.57. The molecule has 0 atom stereocenters. The van der Waals surface area contributed by atoms with Crippen molar-refractivity contribution in [2.24, 2.45) is 5.92 Å². The van der Waals surface area contributed by atoms with Gasteiger partial charge in [-0.2, -0.15) is 0 Å². The number of hydrogen-bond acceptors (Lipinski definition) is 4. The van der Waals surface area contributed by atoms with Crippen LogP contribution in [0.5, 0.6) is 0 Å². The second-order valence-electron chi connectivity index (χ2n) is 3.85. The third kappa shape index (κ3) is 3.54. The number of thiophene rings is 1. The van der Waals surface area contributed by atoms with Gasteiger partial charge in [-0.25, -0.2) is 13.1 Å². The van der Waals surface area contributed by atoms with Crippen LogP contribution in [0.1, 0.15) is 31.6 Å². The molecule has 0 bridgehead atoms. The van der Waals surface area contributed by atoms with E-state index in [1.807, 2.05) is 20.8 Å². The van der Waals surface area contributed by atoms with Crippen molar-refractivity contribution in [3.63, 3.8) is 0 Å². The van der Waals surface area contributed by atoms with Crippen molar-refractivity contribution < 1.29 is 13.2 Å². The molecule has 1 aromatic rings. The topological polar surface area (TPSA) is 63.2 Å². The van der Waals surface area contributed by atoms with Gasteiger partial charge in [0.2, 0.25) is 5.91 Å². The number of carbonyl (C=O) groups is 1. The second-order valence-corrected chi connectivity index (χ2v) is 7.05. The zero-order chi connectivity index (χ0) is 13.1. The first-order valence-electron chi connectivity index (χ1n) is 5.53. The highest BCUT2D eigenvalue weighted by atomic mass is 32.2. The number of aryl methyl sites for hydroxylation is 1. The van der Waals surface area contributed by atoms with Crippen molar-refractivity contribution in [3.8, 4) is 0 Å². The summed E-state index contributed by atoms with van der Waals surface area (Å²) < 4.78 is 26.1. The number of nitrogens with one attached hydrogen (secondary N) is 1. The molecule has 0 unspecified atom stereocenters. The lowest BCUT2D eigenvalue weighted by Gasteiger charge is -2.12. The number of amides is 1. The van der Waals surface area contributed by atoms with E-state index in [9.17, 15) is 13.2 Å². The maximum Gasteiger partial charge on any atom is 0.273 e. The van der Waals surface area contributed by atoms with E-state index < -0.39 is 15.9 Å². The van der Waals surface area contributed by atoms with Gasteiger partial charge in [-0.05, 0) is 31.9 Å². The minimum Gasteiger partial charge on any atom is -0.274 e. The van der Waals surface area contributed by atoms with Crippen LogP contribution in [-0.4, -0.2) is 14.3 Å². The maximum absolute atomic E-state index is 11.9. The largest absolute Gasteiger partial charge is 0.274 e. The Morgan fingerprint density at radius 3 is 2.35 bits per heavy atom. The van der Waals surface area contributed by atoms with E-state index >= 15 is 0 Å². The van der Waals surface area contributed by atoms with Crippen LogP contribution in [0.3, 0.4) is 0 Å². The highest BCUT2D eigenvalue weighted by Crippen LogP contribution is 2.21. The summed E-state index contributed by atoms with van der Waals surface area (Å²) in [4.78, 5) is 12.6. The first kappa shape index (κ1) is 14.2. The highest BCUT2D eigenvalue weighted by Gasteiger charge is 2.23. The SMILES string of the molecule is CCC(CC)C(=O)NS(=O)(=O)c1ccc(C)s1. The molecule has 4 nitrogen and oxygen atoms in total. The molecule has 0 aliphatic heterocycles. The number of sulfonamides is 1. The number of hydrogen-bond donors (Lipinski definition) is 1. The summed E-state index contributed by atoms with van der Waals surface area (Å²) in [6.45, 7) is 5.57. The Bertz CT molecular complexity index is 487. The molecule has 1 N–H and O–H groups in total.